The van der Waals surface area contributed by atoms with E-state index in [1.54, 1.807) is 12.4 Å². The average molecular weight is 177 g/mol. The molecule has 0 radical (unpaired) electrons. The van der Waals surface area contributed by atoms with Gasteiger partial charge in [0.15, 0.2) is 17.0 Å². The van der Waals surface area contributed by atoms with Gasteiger partial charge in [0, 0.05) is 24.5 Å². The van der Waals surface area contributed by atoms with Gasteiger partial charge in [-0.2, -0.15) is 0 Å². The van der Waals surface area contributed by atoms with E-state index in [-0.39, 0.29) is 11.2 Å². The number of aromatic nitrogens is 2. The third-order valence-electron chi connectivity index (χ3n) is 1.62. The normalized spacial score (nSPS) is 10.2. The molecular formula is C8H7N3O2. The molecule has 66 valence electrons. The second-order valence-electron chi connectivity index (χ2n) is 2.54. The molecule has 0 fully saturated rings. The summed E-state index contributed by atoms with van der Waals surface area (Å²) in [5.41, 5.74) is 5.64. The molecule has 5 nitrogen and oxygen atoms in total. The zero-order valence-electron chi connectivity index (χ0n) is 6.65. The molecular weight excluding hydrogens is 170 g/mol. The Bertz CT molecular complexity index is 472. The first-order chi connectivity index (χ1) is 6.27. The number of hydrogen-bond donors (Lipinski definition) is 2. The first kappa shape index (κ1) is 7.60. The van der Waals surface area contributed by atoms with E-state index in [2.05, 4.69) is 10.1 Å². The fourth-order valence-corrected chi connectivity index (χ4v) is 1.02. The molecule has 2 rings (SSSR count). The molecule has 3 N–H and O–H groups in total. The van der Waals surface area contributed by atoms with Gasteiger partial charge in [0.05, 0.1) is 5.56 Å². The molecule has 0 aliphatic heterocycles. The van der Waals surface area contributed by atoms with Gasteiger partial charge in [0.1, 0.15) is 0 Å². The van der Waals surface area contributed by atoms with E-state index in [0.717, 1.165) is 0 Å². The molecule has 13 heavy (non-hydrogen) atoms. The van der Waals surface area contributed by atoms with Crippen molar-refractivity contribution in [2.75, 3.05) is 5.73 Å². The molecule has 0 spiro atoms. The molecule has 0 amide bonds. The number of nitrogen functional groups attached to an aromatic ring is 1. The summed E-state index contributed by atoms with van der Waals surface area (Å²) in [6, 6.07) is 2.92. The molecule has 2 heterocycles. The minimum atomic E-state index is -0.130. The van der Waals surface area contributed by atoms with Gasteiger partial charge >= 0.3 is 0 Å². The molecule has 0 unspecified atom stereocenters. The maximum absolute atomic E-state index is 11.3. The number of anilines is 1. The Morgan fingerprint density at radius 2 is 2.38 bits per heavy atom. The lowest BCUT2D eigenvalue weighted by molar-refractivity contribution is 0.435. The smallest absolute Gasteiger partial charge is 0.192 e. The van der Waals surface area contributed by atoms with Crippen LogP contribution in [0.25, 0.3) is 11.3 Å². The molecule has 0 saturated carbocycles. The minimum absolute atomic E-state index is 0.130. The molecule has 2 aromatic heterocycles. The van der Waals surface area contributed by atoms with Crippen molar-refractivity contribution >= 4 is 5.82 Å². The van der Waals surface area contributed by atoms with E-state index in [0.29, 0.717) is 11.3 Å². The van der Waals surface area contributed by atoms with Gasteiger partial charge in [0.2, 0.25) is 0 Å². The van der Waals surface area contributed by atoms with E-state index in [4.69, 9.17) is 10.3 Å². The van der Waals surface area contributed by atoms with Crippen molar-refractivity contribution in [1.82, 2.24) is 10.1 Å². The summed E-state index contributed by atoms with van der Waals surface area (Å²) in [6.45, 7) is 0. The summed E-state index contributed by atoms with van der Waals surface area (Å²) in [6.07, 6.45) is 3.09. The van der Waals surface area contributed by atoms with Crippen LogP contribution in [0.4, 0.5) is 5.82 Å². The number of rotatable bonds is 1. The summed E-state index contributed by atoms with van der Waals surface area (Å²) in [5, 5.41) is 3.48. The number of aromatic amines is 1. The summed E-state index contributed by atoms with van der Waals surface area (Å²) >= 11 is 0. The Hall–Kier alpha value is -2.04. The Balaban J connectivity index is 2.59. The molecule has 2 aromatic rings. The lowest BCUT2D eigenvalue weighted by Gasteiger charge is -1.90. The summed E-state index contributed by atoms with van der Waals surface area (Å²) < 4.78 is 4.84. The third-order valence-corrected chi connectivity index (χ3v) is 1.62. The van der Waals surface area contributed by atoms with Crippen molar-refractivity contribution in [3.8, 4) is 11.3 Å². The third kappa shape index (κ3) is 1.31. The topological polar surface area (TPSA) is 84.9 Å². The number of hydrogen-bond acceptors (Lipinski definition) is 4. The molecule has 5 heteroatoms. The number of nitrogens with two attached hydrogens (primary N) is 1. The van der Waals surface area contributed by atoms with Crippen molar-refractivity contribution < 1.29 is 4.52 Å². The fraction of sp³-hybridized carbons (Fsp3) is 0. The van der Waals surface area contributed by atoms with E-state index < -0.39 is 0 Å². The van der Waals surface area contributed by atoms with E-state index in [9.17, 15) is 4.79 Å². The van der Waals surface area contributed by atoms with E-state index in [1.807, 2.05) is 0 Å². The number of pyridine rings is 1. The van der Waals surface area contributed by atoms with Crippen LogP contribution >= 0.6 is 0 Å². The first-order valence-corrected chi connectivity index (χ1v) is 3.67. The maximum atomic E-state index is 11.3. The van der Waals surface area contributed by atoms with E-state index >= 15 is 0 Å². The standard InChI is InChI=1S/C8H7N3O2/c9-8-3-7(13-11-8)5-4-10-2-1-6(5)12/h1-4H,(H2,9,11)(H,10,12). The second-order valence-corrected chi connectivity index (χ2v) is 2.54. The van der Waals surface area contributed by atoms with Gasteiger partial charge in [0.25, 0.3) is 0 Å². The number of H-pyrrole nitrogens is 1. The SMILES string of the molecule is Nc1cc(-c2c[nH]ccc2=O)on1. The van der Waals surface area contributed by atoms with Gasteiger partial charge in [-0.25, -0.2) is 0 Å². The van der Waals surface area contributed by atoms with Gasteiger partial charge < -0.3 is 15.2 Å². The fourth-order valence-electron chi connectivity index (χ4n) is 1.02. The van der Waals surface area contributed by atoms with Gasteiger partial charge in [-0.05, 0) is 0 Å². The van der Waals surface area contributed by atoms with E-state index in [1.165, 1.54) is 12.1 Å². The summed E-state index contributed by atoms with van der Waals surface area (Å²) in [7, 11) is 0. The van der Waals surface area contributed by atoms with Crippen LogP contribution in [0.15, 0.2) is 33.8 Å². The van der Waals surface area contributed by atoms with Crippen molar-refractivity contribution in [2.24, 2.45) is 0 Å². The predicted molar refractivity (Wildman–Crippen MR) is 47.0 cm³/mol. The summed E-state index contributed by atoms with van der Waals surface area (Å²) in [4.78, 5) is 14.1. The van der Waals surface area contributed by atoms with Crippen LogP contribution in [-0.4, -0.2) is 10.1 Å². The Labute approximate surface area is 73.2 Å². The molecule has 0 aliphatic carbocycles. The lowest BCUT2D eigenvalue weighted by atomic mass is 10.2. The monoisotopic (exact) mass is 177 g/mol. The Morgan fingerprint density at radius 3 is 3.00 bits per heavy atom. The molecule has 0 saturated heterocycles. The number of nitrogens with zero attached hydrogens (tertiary/aromatic N) is 1. The largest absolute Gasteiger partial charge is 0.381 e. The molecule has 0 bridgehead atoms. The zero-order chi connectivity index (χ0) is 9.26. The highest BCUT2D eigenvalue weighted by molar-refractivity contribution is 5.58. The molecule has 0 atom stereocenters. The van der Waals surface area contributed by atoms with Crippen LogP contribution in [0.1, 0.15) is 0 Å². The molecule has 0 aliphatic rings. The quantitative estimate of drug-likeness (QED) is 0.668. The summed E-state index contributed by atoms with van der Waals surface area (Å²) in [5.74, 6) is 0.637. The second kappa shape index (κ2) is 2.78. The van der Waals surface area contributed by atoms with Crippen LogP contribution in [0.5, 0.6) is 0 Å². The van der Waals surface area contributed by atoms with Crippen molar-refractivity contribution in [3.63, 3.8) is 0 Å². The molecule has 0 aromatic carbocycles. The first-order valence-electron chi connectivity index (χ1n) is 3.67. The highest BCUT2D eigenvalue weighted by atomic mass is 16.5. The lowest BCUT2D eigenvalue weighted by Crippen LogP contribution is -2.01. The Morgan fingerprint density at radius 1 is 1.54 bits per heavy atom. The highest BCUT2D eigenvalue weighted by Gasteiger charge is 2.07. The van der Waals surface area contributed by atoms with Gasteiger partial charge in [-0.1, -0.05) is 5.16 Å². The predicted octanol–water partition coefficient (Wildman–Crippen LogP) is 0.612. The Kier molecular flexibility index (Phi) is 1.63. The van der Waals surface area contributed by atoms with Crippen molar-refractivity contribution in [1.29, 1.82) is 0 Å². The average Bonchev–Trinajstić information content (AvgIpc) is 2.53. The van der Waals surface area contributed by atoms with Crippen molar-refractivity contribution in [2.45, 2.75) is 0 Å². The van der Waals surface area contributed by atoms with Crippen LogP contribution in [0.2, 0.25) is 0 Å². The van der Waals surface area contributed by atoms with Gasteiger partial charge in [-0.3, -0.25) is 4.79 Å². The van der Waals surface area contributed by atoms with Crippen LogP contribution in [-0.2, 0) is 0 Å². The van der Waals surface area contributed by atoms with Crippen LogP contribution in [0, 0.1) is 0 Å². The van der Waals surface area contributed by atoms with Crippen LogP contribution in [0.3, 0.4) is 0 Å². The maximum Gasteiger partial charge on any atom is 0.192 e. The zero-order valence-corrected chi connectivity index (χ0v) is 6.65. The van der Waals surface area contributed by atoms with Crippen LogP contribution < -0.4 is 11.2 Å². The minimum Gasteiger partial charge on any atom is -0.381 e. The number of nitrogens with one attached hydrogen (secondary N) is 1. The van der Waals surface area contributed by atoms with Crippen molar-refractivity contribution in [3.05, 3.63) is 34.7 Å². The highest BCUT2D eigenvalue weighted by Crippen LogP contribution is 2.15. The van der Waals surface area contributed by atoms with Gasteiger partial charge in [-0.15, -0.1) is 0 Å².